The Morgan fingerprint density at radius 3 is 2.80 bits per heavy atom. The van der Waals surface area contributed by atoms with Crippen LogP contribution in [-0.4, -0.2) is 57.3 Å². The van der Waals surface area contributed by atoms with Gasteiger partial charge in [0, 0.05) is 55.9 Å². The Morgan fingerprint density at radius 2 is 2.02 bits per heavy atom. The van der Waals surface area contributed by atoms with Gasteiger partial charge in [-0.2, -0.15) is 0 Å². The van der Waals surface area contributed by atoms with Crippen molar-refractivity contribution >= 4 is 23.2 Å². The second-order valence-electron chi connectivity index (χ2n) is 10.7. The lowest BCUT2D eigenvalue weighted by atomic mass is 9.83. The van der Waals surface area contributed by atoms with Gasteiger partial charge in [0.25, 0.3) is 5.91 Å². The number of allylic oxidation sites excluding steroid dienone is 1. The minimum atomic E-state index is -1.78. The molecule has 41 heavy (non-hydrogen) atoms. The number of nitrogens with zero attached hydrogens (tertiary/aromatic N) is 5. The minimum Gasteiger partial charge on any atom is -0.497 e. The van der Waals surface area contributed by atoms with Crippen molar-refractivity contribution in [1.82, 2.24) is 15.0 Å². The van der Waals surface area contributed by atoms with E-state index in [1.165, 1.54) is 0 Å². The van der Waals surface area contributed by atoms with E-state index in [0.29, 0.717) is 49.4 Å². The monoisotopic (exact) mass is 559 g/mol. The molecule has 0 aliphatic carbocycles. The third-order valence-electron chi connectivity index (χ3n) is 7.93. The SMILES string of the molecule is COc1ccc2c(c1)[C@@](O)([C@H](C)/C=C/CCn1cc(CCO)nn1)C(=O)N2Cc1cccc(N2CCCCC2=O)c1. The van der Waals surface area contributed by atoms with Crippen LogP contribution in [0.3, 0.4) is 0 Å². The molecule has 2 aliphatic heterocycles. The highest BCUT2D eigenvalue weighted by Gasteiger charge is 2.52. The number of carbonyl (C=O) groups is 2. The van der Waals surface area contributed by atoms with Gasteiger partial charge < -0.3 is 24.7 Å². The summed E-state index contributed by atoms with van der Waals surface area (Å²) in [5.41, 5.74) is 1.80. The summed E-state index contributed by atoms with van der Waals surface area (Å²) in [5.74, 6) is -0.248. The van der Waals surface area contributed by atoms with Crippen molar-refractivity contribution in [3.05, 3.63) is 77.6 Å². The zero-order chi connectivity index (χ0) is 29.0. The molecule has 216 valence electrons. The maximum atomic E-state index is 14.0. The van der Waals surface area contributed by atoms with E-state index in [2.05, 4.69) is 10.3 Å². The first-order chi connectivity index (χ1) is 19.8. The molecule has 0 saturated carbocycles. The third kappa shape index (κ3) is 5.75. The zero-order valence-electron chi connectivity index (χ0n) is 23.6. The van der Waals surface area contributed by atoms with Gasteiger partial charge in [-0.05, 0) is 55.2 Å². The molecular weight excluding hydrogens is 522 g/mol. The number of anilines is 2. The maximum Gasteiger partial charge on any atom is 0.264 e. The van der Waals surface area contributed by atoms with Crippen molar-refractivity contribution in [2.75, 3.05) is 30.1 Å². The first kappa shape index (κ1) is 28.5. The smallest absolute Gasteiger partial charge is 0.264 e. The molecule has 10 nitrogen and oxygen atoms in total. The Labute approximate surface area is 239 Å². The Kier molecular flexibility index (Phi) is 8.51. The second-order valence-corrected chi connectivity index (χ2v) is 10.7. The molecule has 0 spiro atoms. The molecular formula is C31H37N5O5. The highest BCUT2D eigenvalue weighted by molar-refractivity contribution is 6.07. The number of aliphatic hydroxyl groups is 2. The van der Waals surface area contributed by atoms with Crippen LogP contribution in [0.4, 0.5) is 11.4 Å². The van der Waals surface area contributed by atoms with E-state index < -0.39 is 17.4 Å². The molecule has 1 aromatic heterocycles. The fourth-order valence-electron chi connectivity index (χ4n) is 5.62. The number of aromatic nitrogens is 3. The van der Waals surface area contributed by atoms with E-state index in [4.69, 9.17) is 9.84 Å². The predicted octanol–water partition coefficient (Wildman–Crippen LogP) is 3.36. The fourth-order valence-corrected chi connectivity index (χ4v) is 5.62. The lowest BCUT2D eigenvalue weighted by molar-refractivity contribution is -0.139. The van der Waals surface area contributed by atoms with Gasteiger partial charge in [0.1, 0.15) is 5.75 Å². The van der Waals surface area contributed by atoms with Crippen molar-refractivity contribution in [2.24, 2.45) is 5.92 Å². The number of aliphatic hydroxyl groups excluding tert-OH is 1. The van der Waals surface area contributed by atoms with Crippen molar-refractivity contribution in [3.8, 4) is 5.75 Å². The molecule has 0 bridgehead atoms. The van der Waals surface area contributed by atoms with E-state index in [0.717, 1.165) is 29.8 Å². The second kappa shape index (κ2) is 12.2. The molecule has 3 heterocycles. The standard InChI is InChI=1S/C31H37N5O5/c1-22(8-3-5-15-34-21-24(14-17-37)32-33-34)31(40)27-19-26(41-2)12-13-28(27)36(30(31)39)20-23-9-7-10-25(18-23)35-16-6-4-11-29(35)38/h3,7-10,12-13,18-19,21-22,37,40H,4-6,11,14-17,20H2,1-2H3/b8-3+/t22-,31+/m1/s1. The summed E-state index contributed by atoms with van der Waals surface area (Å²) in [6.07, 6.45) is 9.12. The number of hydrogen-bond acceptors (Lipinski definition) is 7. The lowest BCUT2D eigenvalue weighted by Crippen LogP contribution is -2.44. The van der Waals surface area contributed by atoms with Crippen molar-refractivity contribution in [1.29, 1.82) is 0 Å². The molecule has 10 heteroatoms. The van der Waals surface area contributed by atoms with Gasteiger partial charge in [0.15, 0.2) is 5.60 Å². The molecule has 3 aromatic rings. The quantitative estimate of drug-likeness (QED) is 0.346. The average Bonchev–Trinajstić information content (AvgIpc) is 3.52. The molecule has 2 N–H and O–H groups in total. The van der Waals surface area contributed by atoms with Gasteiger partial charge in [0.05, 0.1) is 25.0 Å². The van der Waals surface area contributed by atoms with Crippen LogP contribution in [0.5, 0.6) is 5.75 Å². The van der Waals surface area contributed by atoms with Crippen LogP contribution in [0.25, 0.3) is 0 Å². The summed E-state index contributed by atoms with van der Waals surface area (Å²) < 4.78 is 7.14. The largest absolute Gasteiger partial charge is 0.497 e. The van der Waals surface area contributed by atoms with Gasteiger partial charge in [-0.15, -0.1) is 5.10 Å². The van der Waals surface area contributed by atoms with Crippen LogP contribution >= 0.6 is 0 Å². The lowest BCUT2D eigenvalue weighted by Gasteiger charge is -2.28. The van der Waals surface area contributed by atoms with Crippen molar-refractivity contribution in [2.45, 2.75) is 57.7 Å². The average molecular weight is 560 g/mol. The number of amides is 2. The fraction of sp³-hybridized carbons (Fsp3) is 0.419. The Bertz CT molecular complexity index is 1440. The number of piperidine rings is 1. The van der Waals surface area contributed by atoms with Gasteiger partial charge in [-0.25, -0.2) is 0 Å². The summed E-state index contributed by atoms with van der Waals surface area (Å²) >= 11 is 0. The normalized spacial score (nSPS) is 19.7. The number of methoxy groups -OCH3 is 1. The Hall–Kier alpha value is -4.02. The number of aryl methyl sites for hydroxylation is 1. The molecule has 2 aromatic carbocycles. The number of fused-ring (bicyclic) bond motifs is 1. The molecule has 2 aliphatic rings. The summed E-state index contributed by atoms with van der Waals surface area (Å²) in [6.45, 7) is 3.39. The van der Waals surface area contributed by atoms with Crippen molar-refractivity contribution < 1.29 is 24.5 Å². The topological polar surface area (TPSA) is 121 Å². The first-order valence-corrected chi connectivity index (χ1v) is 14.1. The number of rotatable bonds is 11. The van der Waals surface area contributed by atoms with Gasteiger partial charge in [-0.3, -0.25) is 14.3 Å². The van der Waals surface area contributed by atoms with Crippen LogP contribution in [0.1, 0.15) is 49.4 Å². The highest BCUT2D eigenvalue weighted by Crippen LogP contribution is 2.47. The molecule has 5 rings (SSSR count). The number of ether oxygens (including phenoxy) is 1. The Balaban J connectivity index is 1.36. The van der Waals surface area contributed by atoms with Crippen LogP contribution < -0.4 is 14.5 Å². The molecule has 2 amide bonds. The van der Waals surface area contributed by atoms with Crippen molar-refractivity contribution in [3.63, 3.8) is 0 Å². The zero-order valence-corrected chi connectivity index (χ0v) is 23.6. The molecule has 2 atom stereocenters. The molecule has 1 saturated heterocycles. The van der Waals surface area contributed by atoms with Gasteiger partial charge in [-0.1, -0.05) is 36.4 Å². The predicted molar refractivity (Wildman–Crippen MR) is 154 cm³/mol. The summed E-state index contributed by atoms with van der Waals surface area (Å²) in [7, 11) is 1.56. The highest BCUT2D eigenvalue weighted by atomic mass is 16.5. The third-order valence-corrected chi connectivity index (χ3v) is 7.93. The van der Waals surface area contributed by atoms with Gasteiger partial charge in [0.2, 0.25) is 5.91 Å². The molecule has 0 radical (unpaired) electrons. The van der Waals surface area contributed by atoms with E-state index >= 15 is 0 Å². The summed E-state index contributed by atoms with van der Waals surface area (Å²) in [4.78, 5) is 29.9. The first-order valence-electron chi connectivity index (χ1n) is 14.1. The number of benzene rings is 2. The Morgan fingerprint density at radius 1 is 1.17 bits per heavy atom. The van der Waals surface area contributed by atoms with Gasteiger partial charge >= 0.3 is 0 Å². The minimum absolute atomic E-state index is 0.0234. The van der Waals surface area contributed by atoms with Crippen LogP contribution in [0, 0.1) is 5.92 Å². The molecule has 0 unspecified atom stereocenters. The van der Waals surface area contributed by atoms with E-state index in [1.54, 1.807) is 35.0 Å². The van der Waals surface area contributed by atoms with Crippen LogP contribution in [-0.2, 0) is 34.7 Å². The molecule has 1 fully saturated rings. The number of hydrogen-bond donors (Lipinski definition) is 2. The van der Waals surface area contributed by atoms with Crippen LogP contribution in [0.15, 0.2) is 60.8 Å². The van der Waals surface area contributed by atoms with E-state index in [-0.39, 0.29) is 19.1 Å². The maximum absolute atomic E-state index is 14.0. The number of carbonyl (C=O) groups excluding carboxylic acids is 2. The van der Waals surface area contributed by atoms with Crippen LogP contribution in [0.2, 0.25) is 0 Å². The summed E-state index contributed by atoms with van der Waals surface area (Å²) in [5, 5.41) is 29.2. The van der Waals surface area contributed by atoms with E-state index in [1.807, 2.05) is 54.3 Å². The van der Waals surface area contributed by atoms with E-state index in [9.17, 15) is 14.7 Å². The summed E-state index contributed by atoms with van der Waals surface area (Å²) in [6, 6.07) is 13.1.